The molecule has 0 unspecified atom stereocenters. The van der Waals surface area contributed by atoms with Gasteiger partial charge in [0, 0.05) is 37.9 Å². The molecule has 4 nitrogen and oxygen atoms in total. The zero-order valence-electron chi connectivity index (χ0n) is 30.1. The second-order valence-corrected chi connectivity index (χ2v) is 15.2. The van der Waals surface area contributed by atoms with Crippen molar-refractivity contribution >= 4 is 71.9 Å². The Hall–Kier alpha value is -6.43. The summed E-state index contributed by atoms with van der Waals surface area (Å²) < 4.78 is 7.80. The van der Waals surface area contributed by atoms with E-state index in [1.165, 1.54) is 59.1 Å². The monoisotopic (exact) mass is 713 g/mol. The summed E-state index contributed by atoms with van der Waals surface area (Å²) >= 11 is 1.83. The number of thiophene rings is 1. The first-order valence-corrected chi connectivity index (χ1v) is 19.1. The predicted octanol–water partition coefficient (Wildman–Crippen LogP) is 13.3. The maximum Gasteiger partial charge on any atom is 0.164 e. The molecule has 0 spiro atoms. The second kappa shape index (κ2) is 12.9. The molecule has 0 radical (unpaired) electrons. The first-order chi connectivity index (χ1) is 26.5. The molecule has 6 aromatic carbocycles. The second-order valence-electron chi connectivity index (χ2n) is 14.0. The molecule has 0 amide bonds. The van der Waals surface area contributed by atoms with Crippen LogP contribution < -0.4 is 0 Å². The third kappa shape index (κ3) is 5.31. The van der Waals surface area contributed by atoms with Crippen LogP contribution in [0.1, 0.15) is 39.9 Å². The van der Waals surface area contributed by atoms with Gasteiger partial charge in [0.2, 0.25) is 0 Å². The summed E-state index contributed by atoms with van der Waals surface area (Å²) in [5.41, 5.74) is 12.2. The Morgan fingerprint density at radius 2 is 1.56 bits per heavy atom. The highest BCUT2D eigenvalue weighted by atomic mass is 32.1. The number of allylic oxidation sites excluding steroid dienone is 3. The highest BCUT2D eigenvalue weighted by molar-refractivity contribution is 7.19. The van der Waals surface area contributed by atoms with Crippen molar-refractivity contribution in [1.82, 2.24) is 15.0 Å². The van der Waals surface area contributed by atoms with Gasteiger partial charge < -0.3 is 4.42 Å². The van der Waals surface area contributed by atoms with E-state index in [2.05, 4.69) is 124 Å². The lowest BCUT2D eigenvalue weighted by Crippen LogP contribution is -2.02. The molecule has 1 aliphatic carbocycles. The Balaban J connectivity index is 1.12. The van der Waals surface area contributed by atoms with Crippen LogP contribution in [0.25, 0.3) is 94.4 Å². The van der Waals surface area contributed by atoms with Gasteiger partial charge in [-0.3, -0.25) is 0 Å². The van der Waals surface area contributed by atoms with Gasteiger partial charge in [-0.05, 0) is 99.6 Å². The van der Waals surface area contributed by atoms with E-state index in [9.17, 15) is 0 Å². The van der Waals surface area contributed by atoms with Crippen molar-refractivity contribution in [3.8, 4) is 33.9 Å². The topological polar surface area (TPSA) is 51.8 Å². The number of furan rings is 1. The van der Waals surface area contributed by atoms with Crippen LogP contribution in [0.15, 0.2) is 138 Å². The quantitative estimate of drug-likeness (QED) is 0.165. The summed E-state index contributed by atoms with van der Waals surface area (Å²) in [5.74, 6) is 1.99. The minimum absolute atomic E-state index is 0.568. The van der Waals surface area contributed by atoms with Crippen molar-refractivity contribution in [3.05, 3.63) is 167 Å². The lowest BCUT2D eigenvalue weighted by Gasteiger charge is -2.21. The molecule has 0 bridgehead atoms. The Morgan fingerprint density at radius 1 is 0.704 bits per heavy atom. The largest absolute Gasteiger partial charge is 0.456 e. The van der Waals surface area contributed by atoms with E-state index in [-0.39, 0.29) is 0 Å². The molecule has 0 atom stereocenters. The van der Waals surface area contributed by atoms with Crippen molar-refractivity contribution in [1.29, 1.82) is 0 Å². The molecular formula is C49H35N3OS. The molecule has 0 fully saturated rings. The average molecular weight is 714 g/mol. The average Bonchev–Trinajstić information content (AvgIpc) is 3.75. The van der Waals surface area contributed by atoms with Gasteiger partial charge in [0.05, 0.1) is 0 Å². The molecule has 10 rings (SSSR count). The molecule has 0 saturated carbocycles. The molecule has 3 heterocycles. The van der Waals surface area contributed by atoms with Crippen molar-refractivity contribution in [2.45, 2.75) is 26.7 Å². The molecular weight excluding hydrogens is 679 g/mol. The van der Waals surface area contributed by atoms with E-state index in [4.69, 9.17) is 19.4 Å². The van der Waals surface area contributed by atoms with Crippen molar-refractivity contribution in [2.24, 2.45) is 0 Å². The van der Waals surface area contributed by atoms with Crippen LogP contribution in [0, 0.1) is 6.92 Å². The fourth-order valence-electron chi connectivity index (χ4n) is 8.12. The van der Waals surface area contributed by atoms with E-state index in [0.29, 0.717) is 23.9 Å². The minimum Gasteiger partial charge on any atom is -0.456 e. The summed E-state index contributed by atoms with van der Waals surface area (Å²) in [7, 11) is 0. The van der Waals surface area contributed by atoms with Gasteiger partial charge in [-0.1, -0.05) is 122 Å². The van der Waals surface area contributed by atoms with E-state index in [0.717, 1.165) is 45.0 Å². The highest BCUT2D eigenvalue weighted by Crippen LogP contribution is 2.43. The van der Waals surface area contributed by atoms with Gasteiger partial charge >= 0.3 is 0 Å². The summed E-state index contributed by atoms with van der Waals surface area (Å²) in [5, 5.41) is 5.88. The van der Waals surface area contributed by atoms with Crippen LogP contribution in [-0.4, -0.2) is 15.0 Å². The van der Waals surface area contributed by atoms with Gasteiger partial charge in [0.1, 0.15) is 17.0 Å². The smallest absolute Gasteiger partial charge is 0.164 e. The number of aromatic nitrogens is 3. The van der Waals surface area contributed by atoms with E-state index in [1.807, 2.05) is 47.7 Å². The van der Waals surface area contributed by atoms with Crippen LogP contribution in [0.2, 0.25) is 0 Å². The molecule has 5 heteroatoms. The maximum absolute atomic E-state index is 6.50. The van der Waals surface area contributed by atoms with Crippen molar-refractivity contribution < 1.29 is 4.42 Å². The number of nitrogens with zero attached hydrogens (tertiary/aromatic N) is 3. The number of aryl methyl sites for hydroxylation is 1. The fraction of sp³-hybridized carbons (Fsp3) is 0.0816. The van der Waals surface area contributed by atoms with Gasteiger partial charge in [0.25, 0.3) is 0 Å². The van der Waals surface area contributed by atoms with Crippen molar-refractivity contribution in [3.63, 3.8) is 0 Å². The number of rotatable bonds is 7. The number of benzene rings is 6. The minimum atomic E-state index is 0.568. The molecule has 3 aromatic heterocycles. The molecule has 9 aromatic rings. The summed E-state index contributed by atoms with van der Waals surface area (Å²) in [6.45, 7) is 8.51. The van der Waals surface area contributed by atoms with Crippen LogP contribution in [0.5, 0.6) is 0 Å². The molecule has 0 aliphatic heterocycles. The van der Waals surface area contributed by atoms with Gasteiger partial charge in [-0.25, -0.2) is 15.0 Å². The zero-order chi connectivity index (χ0) is 36.3. The first-order valence-electron chi connectivity index (χ1n) is 18.3. The molecule has 0 N–H and O–H groups in total. The SMILES string of the molecule is C=Cc1ccc2c(-c3ccc4oc5cccc(-c6nc(C/C=C\c7c(C)sc8ccccc78)nc(-c7ccccc7)n6)c5c4c3)ccc3c2c1C(C)=CC3. The summed E-state index contributed by atoms with van der Waals surface area (Å²) in [6.07, 6.45) is 10.2. The zero-order valence-corrected chi connectivity index (χ0v) is 30.9. The Morgan fingerprint density at radius 3 is 2.44 bits per heavy atom. The molecule has 54 heavy (non-hydrogen) atoms. The van der Waals surface area contributed by atoms with E-state index in [1.54, 1.807) is 0 Å². The third-order valence-corrected chi connectivity index (χ3v) is 11.8. The molecule has 0 saturated heterocycles. The number of hydrogen-bond donors (Lipinski definition) is 0. The summed E-state index contributed by atoms with van der Waals surface area (Å²) in [6, 6.07) is 40.4. The predicted molar refractivity (Wildman–Crippen MR) is 228 cm³/mol. The first kappa shape index (κ1) is 32.2. The third-order valence-electron chi connectivity index (χ3n) is 10.7. The maximum atomic E-state index is 6.50. The number of hydrogen-bond acceptors (Lipinski definition) is 5. The van der Waals surface area contributed by atoms with Crippen LogP contribution in [0.4, 0.5) is 0 Å². The van der Waals surface area contributed by atoms with Crippen LogP contribution in [0.3, 0.4) is 0 Å². The van der Waals surface area contributed by atoms with Crippen molar-refractivity contribution in [2.75, 3.05) is 0 Å². The standard InChI is InChI=1S/C49H35N3OS/c1-4-31-22-26-38-36(25-23-32-21-20-29(2)45(31)46(32)38)34-24-27-41-40(28-34)47-39(16-10-17-42(47)53-41)49-51-44(50-48(52-49)33-12-6-5-7-13-33)19-11-15-35-30(3)54-43-18-9-8-14-37(35)43/h4-18,20,22-28H,1,19,21H2,2-3H3/b15-11-. The van der Waals surface area contributed by atoms with E-state index < -0.39 is 0 Å². The lowest BCUT2D eigenvalue weighted by molar-refractivity contribution is 0.669. The van der Waals surface area contributed by atoms with E-state index >= 15 is 0 Å². The summed E-state index contributed by atoms with van der Waals surface area (Å²) in [4.78, 5) is 16.5. The Labute approximate surface area is 317 Å². The normalized spacial score (nSPS) is 12.7. The molecule has 1 aliphatic rings. The van der Waals surface area contributed by atoms with Gasteiger partial charge in [-0.2, -0.15) is 0 Å². The Bertz CT molecular complexity index is 3040. The molecule has 258 valence electrons. The van der Waals surface area contributed by atoms with Gasteiger partial charge in [0.15, 0.2) is 11.6 Å². The van der Waals surface area contributed by atoms with Gasteiger partial charge in [-0.15, -0.1) is 11.3 Å². The Kier molecular flexibility index (Phi) is 7.70. The fourth-order valence-corrected chi connectivity index (χ4v) is 9.17. The van der Waals surface area contributed by atoms with Crippen LogP contribution >= 0.6 is 11.3 Å². The number of fused-ring (bicyclic) bond motifs is 4. The van der Waals surface area contributed by atoms with Crippen LogP contribution in [-0.2, 0) is 12.8 Å². The lowest BCUT2D eigenvalue weighted by atomic mass is 9.83. The highest BCUT2D eigenvalue weighted by Gasteiger charge is 2.21.